The van der Waals surface area contributed by atoms with Gasteiger partial charge in [0.25, 0.3) is 0 Å². The van der Waals surface area contributed by atoms with Gasteiger partial charge in [-0.25, -0.2) is 0 Å². The molecule has 0 aromatic heterocycles. The highest BCUT2D eigenvalue weighted by Gasteiger charge is 2.37. The van der Waals surface area contributed by atoms with Crippen molar-refractivity contribution < 1.29 is 0 Å². The summed E-state index contributed by atoms with van der Waals surface area (Å²) in [6.45, 7) is 7.76. The molecule has 122 valence electrons. The second-order valence-corrected chi connectivity index (χ2v) is 8.22. The summed E-state index contributed by atoms with van der Waals surface area (Å²) in [6, 6.07) is 0.876. The van der Waals surface area contributed by atoms with Crippen LogP contribution in [-0.4, -0.2) is 37.1 Å². The Morgan fingerprint density at radius 2 is 1.81 bits per heavy atom. The van der Waals surface area contributed by atoms with Gasteiger partial charge in [0.1, 0.15) is 0 Å². The van der Waals surface area contributed by atoms with Gasteiger partial charge in [0.2, 0.25) is 0 Å². The zero-order chi connectivity index (χ0) is 14.5. The van der Waals surface area contributed by atoms with Crippen LogP contribution in [0.3, 0.4) is 0 Å². The molecular formula is C19H36N2. The van der Waals surface area contributed by atoms with E-state index in [1.165, 1.54) is 96.8 Å². The lowest BCUT2D eigenvalue weighted by atomic mass is 9.85. The summed E-state index contributed by atoms with van der Waals surface area (Å²) in [5.74, 6) is 1.02. The predicted octanol–water partition coefficient (Wildman–Crippen LogP) is 4.20. The Bertz CT molecular complexity index is 305. The second-order valence-electron chi connectivity index (χ2n) is 8.22. The lowest BCUT2D eigenvalue weighted by Crippen LogP contribution is -2.43. The Labute approximate surface area is 132 Å². The van der Waals surface area contributed by atoms with Gasteiger partial charge in [-0.1, -0.05) is 32.6 Å². The Morgan fingerprint density at radius 3 is 2.52 bits per heavy atom. The SMILES string of the molecule is CCCC1CCCN(CC2(CNC3CC3)CCCC2)CC1. The van der Waals surface area contributed by atoms with E-state index < -0.39 is 0 Å². The molecule has 0 bridgehead atoms. The van der Waals surface area contributed by atoms with Crippen LogP contribution in [0.15, 0.2) is 0 Å². The van der Waals surface area contributed by atoms with E-state index in [9.17, 15) is 0 Å². The normalized spacial score (nSPS) is 30.4. The molecule has 3 aliphatic rings. The number of nitrogens with zero attached hydrogens (tertiary/aromatic N) is 1. The number of nitrogens with one attached hydrogen (secondary N) is 1. The van der Waals surface area contributed by atoms with E-state index >= 15 is 0 Å². The number of likely N-dealkylation sites (tertiary alicyclic amines) is 1. The summed E-state index contributed by atoms with van der Waals surface area (Å²) < 4.78 is 0. The lowest BCUT2D eigenvalue weighted by molar-refractivity contribution is 0.150. The standard InChI is InChI=1S/C19H36N2/c1-2-6-17-7-5-13-21(14-10-17)16-19(11-3-4-12-19)15-20-18-8-9-18/h17-18,20H,2-16H2,1H3. The van der Waals surface area contributed by atoms with Gasteiger partial charge in [-0.3, -0.25) is 0 Å². The molecule has 0 radical (unpaired) electrons. The van der Waals surface area contributed by atoms with Crippen molar-refractivity contribution >= 4 is 0 Å². The fraction of sp³-hybridized carbons (Fsp3) is 1.00. The summed E-state index contributed by atoms with van der Waals surface area (Å²) >= 11 is 0. The molecule has 21 heavy (non-hydrogen) atoms. The summed E-state index contributed by atoms with van der Waals surface area (Å²) in [5, 5.41) is 3.85. The molecule has 3 fully saturated rings. The largest absolute Gasteiger partial charge is 0.313 e. The van der Waals surface area contributed by atoms with Crippen LogP contribution in [0.4, 0.5) is 0 Å². The molecule has 0 aromatic rings. The Kier molecular flexibility index (Phi) is 5.61. The van der Waals surface area contributed by atoms with Gasteiger partial charge in [-0.2, -0.15) is 0 Å². The fourth-order valence-corrected chi connectivity index (χ4v) is 4.72. The van der Waals surface area contributed by atoms with Crippen molar-refractivity contribution in [3.8, 4) is 0 Å². The molecule has 2 heteroatoms. The Morgan fingerprint density at radius 1 is 1.00 bits per heavy atom. The van der Waals surface area contributed by atoms with Crippen LogP contribution < -0.4 is 5.32 Å². The van der Waals surface area contributed by atoms with Gasteiger partial charge >= 0.3 is 0 Å². The van der Waals surface area contributed by atoms with Crippen LogP contribution in [0.2, 0.25) is 0 Å². The van der Waals surface area contributed by atoms with Crippen molar-refractivity contribution in [2.45, 2.75) is 83.6 Å². The van der Waals surface area contributed by atoms with E-state index in [1.807, 2.05) is 0 Å². The van der Waals surface area contributed by atoms with Crippen molar-refractivity contribution in [2.24, 2.45) is 11.3 Å². The first kappa shape index (κ1) is 15.8. The van der Waals surface area contributed by atoms with Crippen LogP contribution in [0, 0.1) is 11.3 Å². The van der Waals surface area contributed by atoms with Gasteiger partial charge in [0, 0.05) is 19.1 Å². The average Bonchev–Trinajstić information content (AvgIpc) is 3.24. The van der Waals surface area contributed by atoms with Crippen LogP contribution in [0.25, 0.3) is 0 Å². The van der Waals surface area contributed by atoms with Gasteiger partial charge < -0.3 is 10.2 Å². The maximum atomic E-state index is 3.85. The molecule has 0 spiro atoms. The molecule has 0 amide bonds. The van der Waals surface area contributed by atoms with Crippen LogP contribution in [0.1, 0.15) is 77.6 Å². The zero-order valence-corrected chi connectivity index (χ0v) is 14.2. The minimum atomic E-state index is 0.618. The third-order valence-corrected chi connectivity index (χ3v) is 6.20. The monoisotopic (exact) mass is 292 g/mol. The summed E-state index contributed by atoms with van der Waals surface area (Å²) in [6.07, 6.45) is 16.0. The molecule has 2 nitrogen and oxygen atoms in total. The highest BCUT2D eigenvalue weighted by atomic mass is 15.1. The molecular weight excluding hydrogens is 256 g/mol. The molecule has 3 rings (SSSR count). The molecule has 2 aliphatic carbocycles. The molecule has 0 aromatic carbocycles. The van der Waals surface area contributed by atoms with E-state index in [1.54, 1.807) is 0 Å². The van der Waals surface area contributed by atoms with Crippen molar-refractivity contribution in [2.75, 3.05) is 26.2 Å². The molecule has 2 saturated carbocycles. The quantitative estimate of drug-likeness (QED) is 0.756. The lowest BCUT2D eigenvalue weighted by Gasteiger charge is -2.35. The second kappa shape index (κ2) is 7.46. The highest BCUT2D eigenvalue weighted by Crippen LogP contribution is 2.39. The summed E-state index contributed by atoms with van der Waals surface area (Å²) in [5.41, 5.74) is 0.618. The van der Waals surface area contributed by atoms with Gasteiger partial charge in [-0.15, -0.1) is 0 Å². The van der Waals surface area contributed by atoms with Gasteiger partial charge in [0.15, 0.2) is 0 Å². The first-order valence-electron chi connectivity index (χ1n) is 9.75. The average molecular weight is 293 g/mol. The number of hydrogen-bond acceptors (Lipinski definition) is 2. The minimum absolute atomic E-state index is 0.618. The number of hydrogen-bond donors (Lipinski definition) is 1. The van der Waals surface area contributed by atoms with E-state index in [-0.39, 0.29) is 0 Å². The smallest absolute Gasteiger partial charge is 0.00684 e. The summed E-state index contributed by atoms with van der Waals surface area (Å²) in [4.78, 5) is 2.83. The maximum absolute atomic E-state index is 3.85. The van der Waals surface area contributed by atoms with Crippen LogP contribution in [0.5, 0.6) is 0 Å². The zero-order valence-electron chi connectivity index (χ0n) is 14.2. The predicted molar refractivity (Wildman–Crippen MR) is 90.6 cm³/mol. The molecule has 1 atom stereocenters. The fourth-order valence-electron chi connectivity index (χ4n) is 4.72. The molecule has 1 heterocycles. The third-order valence-electron chi connectivity index (χ3n) is 6.20. The van der Waals surface area contributed by atoms with Gasteiger partial charge in [-0.05, 0) is 69.4 Å². The van der Waals surface area contributed by atoms with E-state index in [4.69, 9.17) is 0 Å². The Balaban J connectivity index is 1.50. The first-order valence-corrected chi connectivity index (χ1v) is 9.75. The Hall–Kier alpha value is -0.0800. The molecule has 1 unspecified atom stereocenters. The number of rotatable bonds is 7. The topological polar surface area (TPSA) is 15.3 Å². The molecule has 1 N–H and O–H groups in total. The highest BCUT2D eigenvalue weighted by molar-refractivity contribution is 4.93. The maximum Gasteiger partial charge on any atom is 0.00684 e. The third kappa shape index (κ3) is 4.69. The van der Waals surface area contributed by atoms with E-state index in [2.05, 4.69) is 17.1 Å². The molecule has 1 saturated heterocycles. The summed E-state index contributed by atoms with van der Waals surface area (Å²) in [7, 11) is 0. The van der Waals surface area contributed by atoms with E-state index in [0.717, 1.165) is 12.0 Å². The van der Waals surface area contributed by atoms with Crippen LogP contribution >= 0.6 is 0 Å². The van der Waals surface area contributed by atoms with E-state index in [0.29, 0.717) is 5.41 Å². The van der Waals surface area contributed by atoms with Crippen molar-refractivity contribution in [1.82, 2.24) is 10.2 Å². The first-order chi connectivity index (χ1) is 10.3. The van der Waals surface area contributed by atoms with Crippen LogP contribution in [-0.2, 0) is 0 Å². The van der Waals surface area contributed by atoms with Gasteiger partial charge in [0.05, 0.1) is 0 Å². The van der Waals surface area contributed by atoms with Crippen molar-refractivity contribution in [3.05, 3.63) is 0 Å². The van der Waals surface area contributed by atoms with Crippen molar-refractivity contribution in [1.29, 1.82) is 0 Å². The molecule has 1 aliphatic heterocycles. The minimum Gasteiger partial charge on any atom is -0.313 e. The van der Waals surface area contributed by atoms with Crippen molar-refractivity contribution in [3.63, 3.8) is 0 Å².